The number of sulfonamides is 1. The van der Waals surface area contributed by atoms with Crippen LogP contribution in [0.4, 0.5) is 22.0 Å². The number of H-pyrrole nitrogens is 2. The zero-order valence-corrected chi connectivity index (χ0v) is 45.4. The van der Waals surface area contributed by atoms with Gasteiger partial charge in [-0.1, -0.05) is 58.5 Å². The number of nitrogens with two attached hydrogens (primary N) is 1. The number of thioether (sulfide) groups is 2. The van der Waals surface area contributed by atoms with Gasteiger partial charge in [0.15, 0.2) is 11.4 Å². The molecule has 8 rings (SSSR count). The average molecular weight is 1230 g/mol. The number of ether oxygens (including phenoxy) is 2. The molecule has 6 aromatic rings. The van der Waals surface area contributed by atoms with Crippen molar-refractivity contribution in [3.05, 3.63) is 156 Å². The third-order valence-electron chi connectivity index (χ3n) is 10.3. The second-order valence-electron chi connectivity index (χ2n) is 15.4. The van der Waals surface area contributed by atoms with Crippen LogP contribution in [0, 0.1) is 0 Å². The fourth-order valence-corrected chi connectivity index (χ4v) is 11.6. The Morgan fingerprint density at radius 3 is 1.37 bits per heavy atom. The Morgan fingerprint density at radius 2 is 1.07 bits per heavy atom. The minimum Gasteiger partial charge on any atom is -0.495 e. The van der Waals surface area contributed by atoms with Crippen LogP contribution in [0.5, 0.6) is 11.5 Å². The Balaban J connectivity index is 0.000000246. The molecule has 406 valence electrons. The van der Waals surface area contributed by atoms with E-state index in [2.05, 4.69) is 14.9 Å². The molecule has 0 atom stereocenters. The maximum Gasteiger partial charge on any atom is 0.349 e. The molecule has 2 fully saturated rings. The SMILES string of the molecule is COc1ccc(Cc2c(Cl)cc(-n3nc(C(F)F)c(=O)[nH]c3=O)cc2Cl)cc1S(=O)(=O)Cl.COc1ccc(Cc2c(Cl)cc(-n3nc(C(F)F)c(=O)[nH]c3=O)cc2Cl)cc1S(=O)(=O)NC1CSC1.NC1CSC1.[2H]CF. The van der Waals surface area contributed by atoms with Gasteiger partial charge in [-0.2, -0.15) is 43.1 Å². The molecule has 0 spiro atoms. The first kappa shape index (κ1) is 59.6. The number of hydrogen-bond acceptors (Lipinski definition) is 15. The fourth-order valence-electron chi connectivity index (χ4n) is 6.53. The molecule has 0 unspecified atom stereocenters. The summed E-state index contributed by atoms with van der Waals surface area (Å²) in [5.74, 6) is 3.95. The first-order valence-corrected chi connectivity index (χ1v) is 28.4. The monoisotopic (exact) mass is 1230 g/mol. The number of methoxy groups -OCH3 is 2. The predicted octanol–water partition coefficient (Wildman–Crippen LogP) is 7.50. The molecular formula is C43H40Cl5F5N8O10S4. The van der Waals surface area contributed by atoms with Crippen molar-refractivity contribution in [1.82, 2.24) is 34.3 Å². The molecular weight excluding hydrogens is 1190 g/mol. The first-order valence-electron chi connectivity index (χ1n) is 21.5. The number of aromatic amines is 2. The number of alkyl halides is 5. The van der Waals surface area contributed by atoms with E-state index in [1.165, 1.54) is 74.3 Å². The largest absolute Gasteiger partial charge is 0.495 e. The summed E-state index contributed by atoms with van der Waals surface area (Å²) >= 11 is 28.9. The molecule has 0 aliphatic carbocycles. The molecule has 0 bridgehead atoms. The highest BCUT2D eigenvalue weighted by Crippen LogP contribution is 2.35. The summed E-state index contributed by atoms with van der Waals surface area (Å²) in [4.78, 5) is 50.5. The number of rotatable bonds is 14. The second-order valence-corrected chi connectivity index (χ2v) is 23.4. The minimum atomic E-state index is -4.10. The maximum absolute atomic E-state index is 13.1. The molecule has 0 radical (unpaired) electrons. The van der Waals surface area contributed by atoms with E-state index in [0.717, 1.165) is 0 Å². The van der Waals surface area contributed by atoms with Crippen LogP contribution < -0.4 is 42.4 Å². The lowest BCUT2D eigenvalue weighted by Gasteiger charge is -2.26. The zero-order chi connectivity index (χ0) is 56.4. The van der Waals surface area contributed by atoms with Gasteiger partial charge in [-0.25, -0.2) is 48.7 Å². The van der Waals surface area contributed by atoms with Gasteiger partial charge in [-0.3, -0.25) is 23.9 Å². The number of nitrogens with one attached hydrogen (secondary N) is 3. The van der Waals surface area contributed by atoms with Gasteiger partial charge in [0.1, 0.15) is 21.3 Å². The van der Waals surface area contributed by atoms with Gasteiger partial charge in [0.05, 0.1) is 34.1 Å². The predicted molar refractivity (Wildman–Crippen MR) is 279 cm³/mol. The van der Waals surface area contributed by atoms with Crippen LogP contribution in [-0.2, 0) is 31.9 Å². The van der Waals surface area contributed by atoms with Crippen molar-refractivity contribution in [2.45, 2.75) is 47.6 Å². The van der Waals surface area contributed by atoms with Gasteiger partial charge < -0.3 is 15.2 Å². The first-order chi connectivity index (χ1) is 35.7. The van der Waals surface area contributed by atoms with Gasteiger partial charge >= 0.3 is 11.4 Å². The van der Waals surface area contributed by atoms with E-state index in [-0.39, 0.29) is 71.6 Å². The standard InChI is InChI=1S/C21H18Cl2F2N4O5S2.C18H12Cl3F2N3O5S.C3H7NS.CH3F/c1-34-16-3-2-10(5-17(16)36(32,33)28-11-8-35-9-11)4-13-14(22)6-12(7-15(13)23)29-21(31)26-20(30)18(27-29)19(24)25;1-31-13-3-2-8(5-14(13)32(21,29)30)4-10-11(19)6-9(7-12(10)20)26-18(28)24-17(27)15(25-26)16(22)23;4-3-1-5-2-3;1-2/h2-3,5-7,11,19,28H,4,8-9H2,1H3,(H,26,30,31);2-3,5-7,16H,4H2,1H3,(H,24,27,28);3H,1-2,4H2;1H3/i;;;1D. The van der Waals surface area contributed by atoms with Crippen molar-refractivity contribution in [2.24, 2.45) is 5.73 Å². The molecule has 4 heterocycles. The lowest BCUT2D eigenvalue weighted by atomic mass is 10.0. The Hall–Kier alpha value is -4.68. The van der Waals surface area contributed by atoms with Crippen molar-refractivity contribution in [3.63, 3.8) is 0 Å². The van der Waals surface area contributed by atoms with Crippen molar-refractivity contribution in [1.29, 1.82) is 0 Å². The molecule has 4 aromatic carbocycles. The van der Waals surface area contributed by atoms with Gasteiger partial charge in [-0.15, -0.1) is 0 Å². The topological polar surface area (TPSA) is 260 Å². The van der Waals surface area contributed by atoms with Crippen LogP contribution in [0.2, 0.25) is 20.1 Å². The number of hydrogen-bond donors (Lipinski definition) is 4. The quantitative estimate of drug-likeness (QED) is 0.0608. The molecule has 2 aromatic heterocycles. The van der Waals surface area contributed by atoms with Crippen LogP contribution in [0.15, 0.2) is 89.6 Å². The highest BCUT2D eigenvalue weighted by Gasteiger charge is 2.29. The minimum absolute atomic E-state index is 0.0354. The smallest absolute Gasteiger partial charge is 0.349 e. The number of halogens is 10. The van der Waals surface area contributed by atoms with Crippen LogP contribution in [-0.4, -0.2) is 103 Å². The summed E-state index contributed by atoms with van der Waals surface area (Å²) in [6, 6.07) is 14.3. The summed E-state index contributed by atoms with van der Waals surface area (Å²) in [6.45, 7) is 0. The molecule has 2 saturated heterocycles. The third kappa shape index (κ3) is 15.5. The number of nitrogens with zero attached hydrogens (tertiary/aromatic N) is 4. The summed E-state index contributed by atoms with van der Waals surface area (Å²) < 4.78 is 131. The number of aromatic nitrogens is 6. The number of benzene rings is 4. The highest BCUT2D eigenvalue weighted by atomic mass is 35.7. The van der Waals surface area contributed by atoms with Gasteiger partial charge in [0.2, 0.25) is 10.0 Å². The Morgan fingerprint density at radius 1 is 0.707 bits per heavy atom. The molecule has 18 nitrogen and oxygen atoms in total. The molecule has 0 saturated carbocycles. The molecule has 2 aliphatic rings. The normalized spacial score (nSPS) is 13.8. The maximum atomic E-state index is 13.1. The van der Waals surface area contributed by atoms with E-state index in [0.29, 0.717) is 49.2 Å². The van der Waals surface area contributed by atoms with Gasteiger partial charge in [0.25, 0.3) is 33.0 Å². The highest BCUT2D eigenvalue weighted by molar-refractivity contribution is 8.13. The van der Waals surface area contributed by atoms with Crippen LogP contribution in [0.3, 0.4) is 0 Å². The van der Waals surface area contributed by atoms with E-state index in [1.807, 2.05) is 11.8 Å². The second kappa shape index (κ2) is 26.6. The molecule has 0 amide bonds. The van der Waals surface area contributed by atoms with Gasteiger partial charge in [-0.05, 0) is 70.8 Å². The van der Waals surface area contributed by atoms with Gasteiger partial charge in [0, 0.05) is 78.7 Å². The van der Waals surface area contributed by atoms with E-state index < -0.39 is 73.0 Å². The summed E-state index contributed by atoms with van der Waals surface area (Å²) in [5, 5.41) is 7.05. The summed E-state index contributed by atoms with van der Waals surface area (Å²) in [7, 11) is -0.840. The van der Waals surface area contributed by atoms with Crippen LogP contribution in [0.1, 0.15) is 47.9 Å². The van der Waals surface area contributed by atoms with E-state index in [4.69, 9.17) is 73.7 Å². The average Bonchev–Trinajstić information content (AvgIpc) is 3.32. The lowest BCUT2D eigenvalue weighted by Crippen LogP contribution is -2.43. The summed E-state index contributed by atoms with van der Waals surface area (Å²) in [5.41, 5.74) is 0.0297. The molecule has 32 heteroatoms. The Labute approximate surface area is 457 Å². The Kier molecular flexibility index (Phi) is 21.1. The van der Waals surface area contributed by atoms with Crippen molar-refractivity contribution >= 4 is 99.7 Å². The fraction of sp³-hybridized carbons (Fsp3) is 0.302. The van der Waals surface area contributed by atoms with Crippen LogP contribution >= 0.6 is 80.6 Å². The lowest BCUT2D eigenvalue weighted by molar-refractivity contribution is 0.141. The van der Waals surface area contributed by atoms with Crippen LogP contribution in [0.25, 0.3) is 11.4 Å². The molecule has 2 aliphatic heterocycles. The van der Waals surface area contributed by atoms with Crippen molar-refractivity contribution < 1.29 is 49.6 Å². The molecule has 75 heavy (non-hydrogen) atoms. The van der Waals surface area contributed by atoms with E-state index in [9.17, 15) is 58.0 Å². The molecule has 5 N–H and O–H groups in total. The zero-order valence-electron chi connectivity index (χ0n) is 39.4. The summed E-state index contributed by atoms with van der Waals surface area (Å²) in [6.07, 6.45) is -6.24. The Bertz CT molecular complexity index is 3520. The van der Waals surface area contributed by atoms with E-state index in [1.54, 1.807) is 33.9 Å². The third-order valence-corrected chi connectivity index (χ3v) is 17.1. The van der Waals surface area contributed by atoms with Crippen molar-refractivity contribution in [3.8, 4) is 22.9 Å². The van der Waals surface area contributed by atoms with Crippen molar-refractivity contribution in [2.75, 3.05) is 44.4 Å². The van der Waals surface area contributed by atoms with E-state index >= 15 is 0 Å².